The number of aromatic amines is 1. The minimum absolute atomic E-state index is 0.0105. The van der Waals surface area contributed by atoms with E-state index in [1.807, 2.05) is 0 Å². The topological polar surface area (TPSA) is 91.3 Å². The molecule has 0 unspecified atom stereocenters. The molecule has 1 fully saturated rings. The summed E-state index contributed by atoms with van der Waals surface area (Å²) < 4.78 is 49.0. The summed E-state index contributed by atoms with van der Waals surface area (Å²) in [6, 6.07) is 5.24. The lowest BCUT2D eigenvalue weighted by Crippen LogP contribution is -2.30. The third kappa shape index (κ3) is 4.64. The van der Waals surface area contributed by atoms with Crippen LogP contribution in [0.4, 0.5) is 13.2 Å². The molecule has 1 aliphatic rings. The van der Waals surface area contributed by atoms with E-state index in [4.69, 9.17) is 4.74 Å². The van der Waals surface area contributed by atoms with Gasteiger partial charge in [-0.3, -0.25) is 14.9 Å². The Balaban J connectivity index is 1.50. The van der Waals surface area contributed by atoms with Crippen molar-refractivity contribution in [3.05, 3.63) is 77.0 Å². The molecule has 2 aromatic heterocycles. The summed E-state index contributed by atoms with van der Waals surface area (Å²) in [4.78, 5) is 19.2. The van der Waals surface area contributed by atoms with Crippen molar-refractivity contribution in [1.29, 1.82) is 0 Å². The fourth-order valence-corrected chi connectivity index (χ4v) is 4.14. The van der Waals surface area contributed by atoms with Crippen LogP contribution in [0.15, 0.2) is 42.7 Å². The van der Waals surface area contributed by atoms with Gasteiger partial charge in [-0.05, 0) is 49.6 Å². The first-order valence-electron chi connectivity index (χ1n) is 11.5. The van der Waals surface area contributed by atoms with Crippen LogP contribution in [0.3, 0.4) is 0 Å². The van der Waals surface area contributed by atoms with Crippen LogP contribution in [0.2, 0.25) is 0 Å². The standard InChI is InChI=1S/C26H23F3N4O3/c1-2-33(12-16-10-30-22(13-34)20-11-31-32-25(16)20)26(35)15-7-21(29)24(23(8-15)36-19-3-4-19)14-5-17(27)9-18(28)6-14/h5-11,19,34H,2-4,12-13H2,1H3,(H,31,32). The maximum absolute atomic E-state index is 15.4. The van der Waals surface area contributed by atoms with Crippen LogP contribution in [0, 0.1) is 17.5 Å². The van der Waals surface area contributed by atoms with Gasteiger partial charge in [0.05, 0.1) is 35.7 Å². The van der Waals surface area contributed by atoms with Gasteiger partial charge in [0.15, 0.2) is 0 Å². The monoisotopic (exact) mass is 496 g/mol. The van der Waals surface area contributed by atoms with E-state index in [1.165, 1.54) is 11.0 Å². The predicted octanol–water partition coefficient (Wildman–Crippen LogP) is 4.74. The average Bonchev–Trinajstić information content (AvgIpc) is 3.52. The van der Waals surface area contributed by atoms with E-state index in [1.54, 1.807) is 19.3 Å². The molecule has 1 amide bonds. The van der Waals surface area contributed by atoms with Gasteiger partial charge in [-0.15, -0.1) is 0 Å². The number of hydrogen-bond acceptors (Lipinski definition) is 5. The fourth-order valence-electron chi connectivity index (χ4n) is 4.14. The predicted molar refractivity (Wildman–Crippen MR) is 126 cm³/mol. The van der Waals surface area contributed by atoms with Crippen molar-refractivity contribution in [3.63, 3.8) is 0 Å². The number of carbonyl (C=O) groups is 1. The molecule has 5 rings (SSSR count). The van der Waals surface area contributed by atoms with Gasteiger partial charge in [0.25, 0.3) is 5.91 Å². The second-order valence-corrected chi connectivity index (χ2v) is 8.67. The number of aliphatic hydroxyl groups excluding tert-OH is 1. The molecule has 2 N–H and O–H groups in total. The van der Waals surface area contributed by atoms with Crippen LogP contribution >= 0.6 is 0 Å². The number of amides is 1. The number of nitrogens with zero attached hydrogens (tertiary/aromatic N) is 3. The van der Waals surface area contributed by atoms with E-state index in [0.29, 0.717) is 34.8 Å². The number of fused-ring (bicyclic) bond motifs is 1. The van der Waals surface area contributed by atoms with Gasteiger partial charge in [0.2, 0.25) is 0 Å². The summed E-state index contributed by atoms with van der Waals surface area (Å²) in [5.74, 6) is -2.89. The number of halogens is 3. The maximum Gasteiger partial charge on any atom is 0.254 e. The number of rotatable bonds is 8. The zero-order chi connectivity index (χ0) is 25.4. The first kappa shape index (κ1) is 23.8. The minimum Gasteiger partial charge on any atom is -0.490 e. The van der Waals surface area contributed by atoms with Crippen molar-refractivity contribution < 1.29 is 27.8 Å². The molecule has 0 aliphatic heterocycles. The van der Waals surface area contributed by atoms with Gasteiger partial charge < -0.3 is 14.7 Å². The lowest BCUT2D eigenvalue weighted by molar-refractivity contribution is 0.0752. The molecule has 1 aliphatic carbocycles. The molecule has 0 bridgehead atoms. The Hall–Kier alpha value is -3.92. The Labute approximate surface area is 204 Å². The van der Waals surface area contributed by atoms with Gasteiger partial charge >= 0.3 is 0 Å². The fraction of sp³-hybridized carbons (Fsp3) is 0.269. The lowest BCUT2D eigenvalue weighted by Gasteiger charge is -2.22. The summed E-state index contributed by atoms with van der Waals surface area (Å²) in [5.41, 5.74) is 1.73. The van der Waals surface area contributed by atoms with Crippen molar-refractivity contribution in [2.24, 2.45) is 0 Å². The summed E-state index contributed by atoms with van der Waals surface area (Å²) in [6.07, 6.45) is 4.52. The third-order valence-corrected chi connectivity index (χ3v) is 6.10. The van der Waals surface area contributed by atoms with E-state index in [-0.39, 0.29) is 41.7 Å². The van der Waals surface area contributed by atoms with Gasteiger partial charge in [-0.1, -0.05) is 0 Å². The number of aliphatic hydroxyl groups is 1. The zero-order valence-electron chi connectivity index (χ0n) is 19.4. The largest absolute Gasteiger partial charge is 0.490 e. The van der Waals surface area contributed by atoms with Gasteiger partial charge in [0.1, 0.15) is 23.2 Å². The van der Waals surface area contributed by atoms with E-state index in [9.17, 15) is 18.7 Å². The smallest absolute Gasteiger partial charge is 0.254 e. The summed E-state index contributed by atoms with van der Waals surface area (Å²) >= 11 is 0. The number of hydrogen-bond donors (Lipinski definition) is 2. The van der Waals surface area contributed by atoms with Crippen molar-refractivity contribution >= 4 is 16.8 Å². The van der Waals surface area contributed by atoms with Gasteiger partial charge in [-0.2, -0.15) is 5.10 Å². The van der Waals surface area contributed by atoms with Gasteiger partial charge in [-0.25, -0.2) is 13.2 Å². The van der Waals surface area contributed by atoms with E-state index < -0.39 is 23.4 Å². The number of carbonyl (C=O) groups excluding carboxylic acids is 1. The first-order valence-corrected chi connectivity index (χ1v) is 11.5. The molecule has 0 radical (unpaired) electrons. The minimum atomic E-state index is -0.843. The highest BCUT2D eigenvalue weighted by Crippen LogP contribution is 2.38. The Morgan fingerprint density at radius 3 is 2.56 bits per heavy atom. The number of ether oxygens (including phenoxy) is 1. The Bertz CT molecular complexity index is 1430. The Morgan fingerprint density at radius 1 is 1.14 bits per heavy atom. The highest BCUT2D eigenvalue weighted by molar-refractivity contribution is 5.96. The van der Waals surface area contributed by atoms with E-state index in [2.05, 4.69) is 15.2 Å². The zero-order valence-corrected chi connectivity index (χ0v) is 19.4. The highest BCUT2D eigenvalue weighted by Gasteiger charge is 2.28. The molecular weight excluding hydrogens is 473 g/mol. The molecule has 10 heteroatoms. The number of benzene rings is 2. The van der Waals surface area contributed by atoms with Crippen LogP contribution in [-0.4, -0.2) is 43.7 Å². The van der Waals surface area contributed by atoms with Crippen molar-refractivity contribution in [3.8, 4) is 16.9 Å². The molecule has 2 heterocycles. The van der Waals surface area contributed by atoms with Crippen molar-refractivity contribution in [1.82, 2.24) is 20.1 Å². The number of H-pyrrole nitrogens is 1. The summed E-state index contributed by atoms with van der Waals surface area (Å²) in [7, 11) is 0. The van der Waals surface area contributed by atoms with Gasteiger partial charge in [0, 0.05) is 41.9 Å². The molecule has 4 aromatic rings. The molecule has 2 aromatic carbocycles. The van der Waals surface area contributed by atoms with Crippen LogP contribution in [0.5, 0.6) is 5.75 Å². The normalized spacial score (nSPS) is 13.2. The number of pyridine rings is 1. The molecule has 186 valence electrons. The molecule has 36 heavy (non-hydrogen) atoms. The second kappa shape index (κ2) is 9.62. The second-order valence-electron chi connectivity index (χ2n) is 8.67. The third-order valence-electron chi connectivity index (χ3n) is 6.10. The molecule has 0 saturated heterocycles. The van der Waals surface area contributed by atoms with E-state index in [0.717, 1.165) is 31.0 Å². The Morgan fingerprint density at radius 2 is 1.89 bits per heavy atom. The number of aromatic nitrogens is 3. The van der Waals surface area contributed by atoms with Crippen LogP contribution in [-0.2, 0) is 13.2 Å². The summed E-state index contributed by atoms with van der Waals surface area (Å²) in [6.45, 7) is 2.01. The quantitative estimate of drug-likeness (QED) is 0.368. The van der Waals surface area contributed by atoms with Crippen LogP contribution < -0.4 is 4.74 Å². The van der Waals surface area contributed by atoms with E-state index >= 15 is 4.39 Å². The molecular formula is C26H23F3N4O3. The molecule has 0 atom stereocenters. The summed E-state index contributed by atoms with van der Waals surface area (Å²) in [5, 5.41) is 17.0. The molecule has 1 saturated carbocycles. The number of nitrogens with one attached hydrogen (secondary N) is 1. The highest BCUT2D eigenvalue weighted by atomic mass is 19.1. The van der Waals surface area contributed by atoms with Crippen LogP contribution in [0.1, 0.15) is 41.4 Å². The van der Waals surface area contributed by atoms with Crippen molar-refractivity contribution in [2.45, 2.75) is 39.0 Å². The molecule has 0 spiro atoms. The molecule has 7 nitrogen and oxygen atoms in total. The Kier molecular flexibility index (Phi) is 6.36. The first-order chi connectivity index (χ1) is 17.4. The van der Waals surface area contributed by atoms with Crippen molar-refractivity contribution in [2.75, 3.05) is 6.54 Å². The van der Waals surface area contributed by atoms with Crippen LogP contribution in [0.25, 0.3) is 22.0 Å². The lowest BCUT2D eigenvalue weighted by atomic mass is 10.0. The average molecular weight is 496 g/mol. The SMILES string of the molecule is CCN(Cc1cnc(CO)c2cn[nH]c12)C(=O)c1cc(F)c(-c2cc(F)cc(F)c2)c(OC2CC2)c1. The maximum atomic E-state index is 15.4.